The second kappa shape index (κ2) is 7.61. The number of benzene rings is 1. The molecular weight excluding hydrogens is 300 g/mol. The molecule has 0 radical (unpaired) electrons. The molecule has 0 bridgehead atoms. The summed E-state index contributed by atoms with van der Waals surface area (Å²) in [6, 6.07) is 9.46. The van der Waals surface area contributed by atoms with E-state index < -0.39 is 0 Å². The molecule has 1 amide bonds. The fraction of sp³-hybridized carbons (Fsp3) is 0.250. The Morgan fingerprint density at radius 2 is 2.14 bits per heavy atom. The van der Waals surface area contributed by atoms with Gasteiger partial charge in [-0.15, -0.1) is 11.3 Å². The zero-order valence-electron chi connectivity index (χ0n) is 12.8. The average molecular weight is 318 g/mol. The Bertz CT molecular complexity index is 666. The monoisotopic (exact) mass is 318 g/mol. The largest absolute Gasteiger partial charge is 0.495 e. The molecule has 0 saturated carbocycles. The maximum Gasteiger partial charge on any atom is 0.265 e. The molecule has 116 valence electrons. The Kier molecular flexibility index (Phi) is 5.55. The molecule has 2 rings (SSSR count). The van der Waals surface area contributed by atoms with Crippen LogP contribution >= 0.6 is 11.3 Å². The Labute approximate surface area is 133 Å². The van der Waals surface area contributed by atoms with Crippen molar-refractivity contribution >= 4 is 28.6 Å². The van der Waals surface area contributed by atoms with E-state index in [4.69, 9.17) is 9.57 Å². The maximum absolute atomic E-state index is 11.9. The Balaban J connectivity index is 1.93. The second-order valence-corrected chi connectivity index (χ2v) is 5.58. The van der Waals surface area contributed by atoms with Crippen LogP contribution in [-0.4, -0.2) is 25.3 Å². The van der Waals surface area contributed by atoms with Crippen molar-refractivity contribution in [1.29, 1.82) is 0 Å². The molecule has 1 aromatic carbocycles. The van der Waals surface area contributed by atoms with Gasteiger partial charge >= 0.3 is 0 Å². The van der Waals surface area contributed by atoms with Crippen LogP contribution in [0.1, 0.15) is 17.4 Å². The highest BCUT2D eigenvalue weighted by atomic mass is 32.1. The van der Waals surface area contributed by atoms with Crippen molar-refractivity contribution in [3.05, 3.63) is 46.2 Å². The number of ether oxygens (including phenoxy) is 1. The van der Waals surface area contributed by atoms with Crippen molar-refractivity contribution in [3.63, 3.8) is 0 Å². The van der Waals surface area contributed by atoms with Crippen molar-refractivity contribution in [3.8, 4) is 5.75 Å². The quantitative estimate of drug-likeness (QED) is 0.655. The molecule has 0 spiro atoms. The van der Waals surface area contributed by atoms with Gasteiger partial charge in [0.05, 0.1) is 23.4 Å². The van der Waals surface area contributed by atoms with Gasteiger partial charge in [0.25, 0.3) is 5.91 Å². The lowest BCUT2D eigenvalue weighted by Gasteiger charge is -2.12. The van der Waals surface area contributed by atoms with E-state index in [0.717, 1.165) is 16.2 Å². The highest BCUT2D eigenvalue weighted by Gasteiger charge is 2.10. The highest BCUT2D eigenvalue weighted by Crippen LogP contribution is 2.27. The van der Waals surface area contributed by atoms with Crippen LogP contribution in [0.4, 0.5) is 5.69 Å². The van der Waals surface area contributed by atoms with Gasteiger partial charge in [-0.25, -0.2) is 0 Å². The third-order valence-electron chi connectivity index (χ3n) is 2.99. The van der Waals surface area contributed by atoms with Crippen molar-refractivity contribution in [2.45, 2.75) is 13.8 Å². The molecule has 0 unspecified atom stereocenters. The lowest BCUT2D eigenvalue weighted by Crippen LogP contribution is -2.18. The first-order valence-electron chi connectivity index (χ1n) is 6.75. The summed E-state index contributed by atoms with van der Waals surface area (Å²) in [5, 5.41) is 8.69. The molecule has 5 nitrogen and oxygen atoms in total. The number of hydrogen-bond acceptors (Lipinski definition) is 5. The van der Waals surface area contributed by atoms with Gasteiger partial charge in [0.1, 0.15) is 5.75 Å². The third-order valence-corrected chi connectivity index (χ3v) is 3.97. The van der Waals surface area contributed by atoms with Crippen LogP contribution in [0.2, 0.25) is 0 Å². The number of methoxy groups -OCH3 is 1. The van der Waals surface area contributed by atoms with Gasteiger partial charge in [-0.05, 0) is 36.9 Å². The molecule has 6 heteroatoms. The van der Waals surface area contributed by atoms with Crippen LogP contribution in [0.5, 0.6) is 5.75 Å². The summed E-state index contributed by atoms with van der Waals surface area (Å²) < 4.78 is 5.24. The molecular formula is C16H18N2O3S. The summed E-state index contributed by atoms with van der Waals surface area (Å²) >= 11 is 1.57. The summed E-state index contributed by atoms with van der Waals surface area (Å²) in [5.41, 5.74) is 2.32. The minimum Gasteiger partial charge on any atom is -0.495 e. The number of hydrogen-bond donors (Lipinski definition) is 1. The number of carbonyl (C=O) groups excluding carboxylic acids is 1. The molecule has 0 aliphatic rings. The van der Waals surface area contributed by atoms with E-state index in [1.165, 1.54) is 0 Å². The summed E-state index contributed by atoms with van der Waals surface area (Å²) in [7, 11) is 1.57. The average Bonchev–Trinajstić information content (AvgIpc) is 3.03. The Hall–Kier alpha value is -2.34. The standard InChI is InChI=1S/C16H18N2O3S/c1-11-6-4-7-13(20-3)16(11)17-15(19)10-21-18-12(2)14-8-5-9-22-14/h4-9H,10H2,1-3H3,(H,17,19)/b18-12-. The zero-order valence-corrected chi connectivity index (χ0v) is 13.6. The Morgan fingerprint density at radius 3 is 2.82 bits per heavy atom. The van der Waals surface area contributed by atoms with Gasteiger partial charge in [0, 0.05) is 0 Å². The molecule has 0 saturated heterocycles. The fourth-order valence-corrected chi connectivity index (χ4v) is 2.53. The Morgan fingerprint density at radius 1 is 1.32 bits per heavy atom. The predicted molar refractivity (Wildman–Crippen MR) is 88.8 cm³/mol. The van der Waals surface area contributed by atoms with Crippen LogP contribution in [0, 0.1) is 6.92 Å². The molecule has 1 aromatic heterocycles. The molecule has 0 aliphatic heterocycles. The third kappa shape index (κ3) is 4.08. The van der Waals surface area contributed by atoms with E-state index in [9.17, 15) is 4.79 Å². The lowest BCUT2D eigenvalue weighted by molar-refractivity contribution is -0.120. The van der Waals surface area contributed by atoms with Gasteiger partial charge < -0.3 is 14.9 Å². The normalized spacial score (nSPS) is 11.1. The fourth-order valence-electron chi connectivity index (χ4n) is 1.86. The van der Waals surface area contributed by atoms with Crippen LogP contribution in [0.25, 0.3) is 0 Å². The molecule has 0 fully saturated rings. The highest BCUT2D eigenvalue weighted by molar-refractivity contribution is 7.12. The van der Waals surface area contributed by atoms with Gasteiger partial charge in [0.2, 0.25) is 0 Å². The van der Waals surface area contributed by atoms with Crippen LogP contribution < -0.4 is 10.1 Å². The molecule has 0 aliphatic carbocycles. The van der Waals surface area contributed by atoms with E-state index in [2.05, 4.69) is 10.5 Å². The number of para-hydroxylation sites is 1. The van der Waals surface area contributed by atoms with Crippen molar-refractivity contribution in [1.82, 2.24) is 0 Å². The number of nitrogens with zero attached hydrogens (tertiary/aromatic N) is 1. The number of oxime groups is 1. The van der Waals surface area contributed by atoms with Gasteiger partial charge in [-0.3, -0.25) is 4.79 Å². The van der Waals surface area contributed by atoms with E-state index in [1.54, 1.807) is 24.5 Å². The number of rotatable bonds is 6. The van der Waals surface area contributed by atoms with Crippen LogP contribution in [0.15, 0.2) is 40.9 Å². The summed E-state index contributed by atoms with van der Waals surface area (Å²) in [6.07, 6.45) is 0. The van der Waals surface area contributed by atoms with E-state index in [1.807, 2.05) is 43.5 Å². The number of aryl methyl sites for hydroxylation is 1. The number of nitrogens with one attached hydrogen (secondary N) is 1. The van der Waals surface area contributed by atoms with Crippen molar-refractivity contribution in [2.75, 3.05) is 19.0 Å². The summed E-state index contributed by atoms with van der Waals surface area (Å²) in [5.74, 6) is 0.335. The number of amides is 1. The van der Waals surface area contributed by atoms with E-state index in [-0.39, 0.29) is 12.5 Å². The maximum atomic E-state index is 11.9. The van der Waals surface area contributed by atoms with E-state index in [0.29, 0.717) is 11.4 Å². The lowest BCUT2D eigenvalue weighted by atomic mass is 10.2. The van der Waals surface area contributed by atoms with Gasteiger partial charge in [-0.2, -0.15) is 0 Å². The molecule has 0 atom stereocenters. The SMILES string of the molecule is COc1cccc(C)c1NC(=O)CO/N=C(/C)c1cccs1. The first-order valence-corrected chi connectivity index (χ1v) is 7.63. The summed E-state index contributed by atoms with van der Waals surface area (Å²) in [6.45, 7) is 3.59. The van der Waals surface area contributed by atoms with Gasteiger partial charge in [0.15, 0.2) is 6.61 Å². The summed E-state index contributed by atoms with van der Waals surface area (Å²) in [4.78, 5) is 18.1. The van der Waals surface area contributed by atoms with Crippen LogP contribution in [-0.2, 0) is 9.63 Å². The predicted octanol–water partition coefficient (Wildman–Crippen LogP) is 3.44. The number of thiophene rings is 1. The van der Waals surface area contributed by atoms with E-state index >= 15 is 0 Å². The van der Waals surface area contributed by atoms with Gasteiger partial charge in [-0.1, -0.05) is 23.4 Å². The van der Waals surface area contributed by atoms with Crippen LogP contribution in [0.3, 0.4) is 0 Å². The zero-order chi connectivity index (χ0) is 15.9. The first kappa shape index (κ1) is 16.0. The molecule has 1 N–H and O–H groups in total. The molecule has 2 aromatic rings. The first-order chi connectivity index (χ1) is 10.6. The molecule has 22 heavy (non-hydrogen) atoms. The molecule has 1 heterocycles. The minimum atomic E-state index is -0.282. The topological polar surface area (TPSA) is 59.9 Å². The minimum absolute atomic E-state index is 0.153. The van der Waals surface area contributed by atoms with Crippen molar-refractivity contribution < 1.29 is 14.4 Å². The van der Waals surface area contributed by atoms with Crippen molar-refractivity contribution in [2.24, 2.45) is 5.16 Å². The smallest absolute Gasteiger partial charge is 0.265 e. The number of anilines is 1. The number of carbonyl (C=O) groups is 1. The second-order valence-electron chi connectivity index (χ2n) is 4.63.